The summed E-state index contributed by atoms with van der Waals surface area (Å²) >= 11 is 2.12. The highest BCUT2D eigenvalue weighted by atomic mass is 32.2. The molecule has 1 saturated heterocycles. The average molecular weight is 314 g/mol. The minimum absolute atomic E-state index is 0.145. The lowest BCUT2D eigenvalue weighted by molar-refractivity contribution is 0.0937. The van der Waals surface area contributed by atoms with E-state index >= 15 is 0 Å². The van der Waals surface area contributed by atoms with Crippen LogP contribution in [0.3, 0.4) is 0 Å². The first-order valence-electron chi connectivity index (χ1n) is 8.52. The Labute approximate surface area is 133 Å². The molecule has 4 nitrogen and oxygen atoms in total. The highest BCUT2D eigenvalue weighted by Crippen LogP contribution is 2.29. The summed E-state index contributed by atoms with van der Waals surface area (Å²) < 4.78 is 5.07. The van der Waals surface area contributed by atoms with Crippen molar-refractivity contribution in [1.29, 1.82) is 0 Å². The largest absolute Gasteiger partial charge is 0.450 e. The Morgan fingerprint density at radius 2 is 1.95 bits per heavy atom. The maximum Gasteiger partial charge on any atom is 0.409 e. The summed E-state index contributed by atoms with van der Waals surface area (Å²) in [6.45, 7) is 6.25. The Morgan fingerprint density at radius 3 is 2.62 bits per heavy atom. The SMILES string of the molecule is CCOC(=O)N1CCC(N[C@@H]2CCC[C@@H](SCC)C2)CC1. The molecule has 1 saturated carbocycles. The average Bonchev–Trinajstić information content (AvgIpc) is 2.49. The summed E-state index contributed by atoms with van der Waals surface area (Å²) in [5.41, 5.74) is 0. The number of nitrogens with one attached hydrogen (secondary N) is 1. The molecule has 1 N–H and O–H groups in total. The third-order valence-electron chi connectivity index (χ3n) is 4.52. The molecule has 0 bridgehead atoms. The summed E-state index contributed by atoms with van der Waals surface area (Å²) in [5, 5.41) is 4.69. The van der Waals surface area contributed by atoms with E-state index in [4.69, 9.17) is 4.74 Å². The van der Waals surface area contributed by atoms with Crippen molar-refractivity contribution in [2.75, 3.05) is 25.4 Å². The van der Waals surface area contributed by atoms with Gasteiger partial charge in [-0.3, -0.25) is 0 Å². The highest BCUT2D eigenvalue weighted by Gasteiger charge is 2.27. The zero-order chi connectivity index (χ0) is 15.1. The van der Waals surface area contributed by atoms with Gasteiger partial charge in [0, 0.05) is 30.4 Å². The van der Waals surface area contributed by atoms with E-state index in [0.717, 1.165) is 31.2 Å². The minimum atomic E-state index is -0.145. The molecule has 5 heteroatoms. The molecule has 1 heterocycles. The quantitative estimate of drug-likeness (QED) is 0.846. The molecular formula is C16H30N2O2S. The third-order valence-corrected chi connectivity index (χ3v) is 5.75. The van der Waals surface area contributed by atoms with Gasteiger partial charge in [-0.2, -0.15) is 11.8 Å². The van der Waals surface area contributed by atoms with Gasteiger partial charge in [-0.15, -0.1) is 0 Å². The van der Waals surface area contributed by atoms with E-state index < -0.39 is 0 Å². The Kier molecular flexibility index (Phi) is 7.17. The number of likely N-dealkylation sites (tertiary alicyclic amines) is 1. The number of ether oxygens (including phenoxy) is 1. The number of piperidine rings is 1. The van der Waals surface area contributed by atoms with Crippen LogP contribution in [-0.2, 0) is 4.74 Å². The Morgan fingerprint density at radius 1 is 1.19 bits per heavy atom. The highest BCUT2D eigenvalue weighted by molar-refractivity contribution is 7.99. The van der Waals surface area contributed by atoms with Crippen molar-refractivity contribution in [2.24, 2.45) is 0 Å². The number of rotatable bonds is 5. The van der Waals surface area contributed by atoms with Gasteiger partial charge in [0.2, 0.25) is 0 Å². The van der Waals surface area contributed by atoms with Crippen LogP contribution in [0.1, 0.15) is 52.4 Å². The third kappa shape index (κ3) is 5.37. The molecule has 2 atom stereocenters. The van der Waals surface area contributed by atoms with Crippen LogP contribution in [0.2, 0.25) is 0 Å². The molecule has 2 rings (SSSR count). The van der Waals surface area contributed by atoms with Crippen LogP contribution >= 0.6 is 11.8 Å². The van der Waals surface area contributed by atoms with Crippen LogP contribution < -0.4 is 5.32 Å². The van der Waals surface area contributed by atoms with Gasteiger partial charge in [0.15, 0.2) is 0 Å². The van der Waals surface area contributed by atoms with E-state index in [9.17, 15) is 4.79 Å². The maximum atomic E-state index is 11.7. The van der Waals surface area contributed by atoms with Gasteiger partial charge in [0.25, 0.3) is 0 Å². The molecule has 2 fully saturated rings. The number of thioether (sulfide) groups is 1. The second-order valence-corrected chi connectivity index (χ2v) is 7.65. The molecule has 1 amide bonds. The number of nitrogens with zero attached hydrogens (tertiary/aromatic N) is 1. The van der Waals surface area contributed by atoms with Crippen LogP contribution in [0.4, 0.5) is 4.79 Å². The predicted molar refractivity (Wildman–Crippen MR) is 88.9 cm³/mol. The van der Waals surface area contributed by atoms with E-state index in [-0.39, 0.29) is 6.09 Å². The van der Waals surface area contributed by atoms with Crippen molar-refractivity contribution >= 4 is 17.9 Å². The van der Waals surface area contributed by atoms with Crippen molar-refractivity contribution in [2.45, 2.75) is 69.7 Å². The summed E-state index contributed by atoms with van der Waals surface area (Å²) in [5.74, 6) is 1.23. The van der Waals surface area contributed by atoms with Crippen molar-refractivity contribution in [1.82, 2.24) is 10.2 Å². The predicted octanol–water partition coefficient (Wildman–Crippen LogP) is 3.26. The summed E-state index contributed by atoms with van der Waals surface area (Å²) in [6, 6.07) is 1.26. The molecule has 122 valence electrons. The Bertz CT molecular complexity index is 317. The van der Waals surface area contributed by atoms with Gasteiger partial charge in [-0.1, -0.05) is 13.3 Å². The second kappa shape index (κ2) is 8.89. The molecule has 2 aliphatic rings. The topological polar surface area (TPSA) is 41.6 Å². The molecular weight excluding hydrogens is 284 g/mol. The molecule has 21 heavy (non-hydrogen) atoms. The zero-order valence-electron chi connectivity index (χ0n) is 13.5. The van der Waals surface area contributed by atoms with Crippen molar-refractivity contribution in [3.05, 3.63) is 0 Å². The zero-order valence-corrected chi connectivity index (χ0v) is 14.3. The molecule has 0 unspecified atom stereocenters. The summed E-state index contributed by atoms with van der Waals surface area (Å²) in [7, 11) is 0. The van der Waals surface area contributed by atoms with Crippen molar-refractivity contribution in [3.8, 4) is 0 Å². The van der Waals surface area contributed by atoms with Crippen molar-refractivity contribution in [3.63, 3.8) is 0 Å². The van der Waals surface area contributed by atoms with Crippen LogP contribution in [0.25, 0.3) is 0 Å². The standard InChI is InChI=1S/C16H30N2O2S/c1-3-20-16(19)18-10-8-13(9-11-18)17-14-6-5-7-15(12-14)21-4-2/h13-15,17H,3-12H2,1-2H3/t14-,15-/m1/s1. The van der Waals surface area contributed by atoms with Crippen LogP contribution in [0, 0.1) is 0 Å². The first-order chi connectivity index (χ1) is 10.2. The minimum Gasteiger partial charge on any atom is -0.450 e. The Hall–Kier alpha value is -0.420. The lowest BCUT2D eigenvalue weighted by Crippen LogP contribution is -2.49. The van der Waals surface area contributed by atoms with E-state index in [1.807, 2.05) is 11.8 Å². The van der Waals surface area contributed by atoms with Gasteiger partial charge in [-0.05, 0) is 44.8 Å². The Balaban J connectivity index is 1.69. The lowest BCUT2D eigenvalue weighted by atomic mass is 9.93. The van der Waals surface area contributed by atoms with Gasteiger partial charge in [0.05, 0.1) is 6.61 Å². The van der Waals surface area contributed by atoms with E-state index in [2.05, 4.69) is 24.0 Å². The monoisotopic (exact) mass is 314 g/mol. The van der Waals surface area contributed by atoms with Crippen molar-refractivity contribution < 1.29 is 9.53 Å². The molecule has 0 spiro atoms. The fourth-order valence-electron chi connectivity index (χ4n) is 3.46. The van der Waals surface area contributed by atoms with Gasteiger partial charge in [-0.25, -0.2) is 4.79 Å². The van der Waals surface area contributed by atoms with Gasteiger partial charge in [0.1, 0.15) is 0 Å². The summed E-state index contributed by atoms with van der Waals surface area (Å²) in [4.78, 5) is 13.5. The number of hydrogen-bond acceptors (Lipinski definition) is 4. The van der Waals surface area contributed by atoms with E-state index in [1.165, 1.54) is 31.4 Å². The van der Waals surface area contributed by atoms with Crippen LogP contribution in [-0.4, -0.2) is 53.8 Å². The summed E-state index contributed by atoms with van der Waals surface area (Å²) in [6.07, 6.45) is 7.35. The number of carbonyl (C=O) groups excluding carboxylic acids is 1. The van der Waals surface area contributed by atoms with Gasteiger partial charge >= 0.3 is 6.09 Å². The number of hydrogen-bond donors (Lipinski definition) is 1. The fraction of sp³-hybridized carbons (Fsp3) is 0.938. The maximum absolute atomic E-state index is 11.7. The number of carbonyl (C=O) groups is 1. The molecule has 1 aliphatic heterocycles. The van der Waals surface area contributed by atoms with Crippen LogP contribution in [0.5, 0.6) is 0 Å². The number of amides is 1. The van der Waals surface area contributed by atoms with E-state index in [0.29, 0.717) is 18.7 Å². The normalized spacial score (nSPS) is 27.6. The first-order valence-corrected chi connectivity index (χ1v) is 9.57. The van der Waals surface area contributed by atoms with E-state index in [1.54, 1.807) is 0 Å². The molecule has 1 aliphatic carbocycles. The van der Waals surface area contributed by atoms with Crippen LogP contribution in [0.15, 0.2) is 0 Å². The second-order valence-electron chi connectivity index (χ2n) is 6.07. The molecule has 0 aromatic heterocycles. The smallest absolute Gasteiger partial charge is 0.409 e. The molecule has 0 aromatic carbocycles. The lowest BCUT2D eigenvalue weighted by Gasteiger charge is -2.36. The van der Waals surface area contributed by atoms with Gasteiger partial charge < -0.3 is 15.0 Å². The molecule has 0 aromatic rings. The first kappa shape index (κ1) is 16.9. The molecule has 0 radical (unpaired) electrons. The fourth-order valence-corrected chi connectivity index (χ4v) is 4.63.